The number of nitrogens with one attached hydrogen (secondary N) is 2. The Balaban J connectivity index is 1.66. The Morgan fingerprint density at radius 2 is 1.97 bits per heavy atom. The number of carbonyl (C=O) groups excluding carboxylic acids is 2. The fourth-order valence-corrected chi connectivity index (χ4v) is 3.44. The van der Waals surface area contributed by atoms with Crippen LogP contribution < -0.4 is 15.4 Å². The van der Waals surface area contributed by atoms with Gasteiger partial charge in [0.2, 0.25) is 11.8 Å². The highest BCUT2D eigenvalue weighted by Crippen LogP contribution is 2.38. The van der Waals surface area contributed by atoms with Crippen LogP contribution in [0.5, 0.6) is 5.75 Å². The average Bonchev–Trinajstić information content (AvgIpc) is 3.16. The van der Waals surface area contributed by atoms with Crippen LogP contribution in [0.2, 0.25) is 0 Å². The first-order valence-corrected chi connectivity index (χ1v) is 9.27. The Morgan fingerprint density at radius 3 is 2.71 bits per heavy atom. The van der Waals surface area contributed by atoms with Crippen molar-refractivity contribution in [2.24, 2.45) is 0 Å². The molecule has 160 valence electrons. The van der Waals surface area contributed by atoms with E-state index in [2.05, 4.69) is 15.7 Å². The first kappa shape index (κ1) is 20.5. The van der Waals surface area contributed by atoms with Gasteiger partial charge >= 0.3 is 6.18 Å². The molecule has 2 N–H and O–H groups in total. The Bertz CT molecular complexity index is 1160. The zero-order valence-electron chi connectivity index (χ0n) is 16.2. The lowest BCUT2D eigenvalue weighted by atomic mass is 10.1. The predicted molar refractivity (Wildman–Crippen MR) is 107 cm³/mol. The third kappa shape index (κ3) is 3.96. The van der Waals surface area contributed by atoms with E-state index in [9.17, 15) is 22.8 Å². The molecule has 10 heteroatoms. The van der Waals surface area contributed by atoms with Gasteiger partial charge in [-0.25, -0.2) is 4.68 Å². The van der Waals surface area contributed by atoms with E-state index in [-0.39, 0.29) is 12.1 Å². The fourth-order valence-electron chi connectivity index (χ4n) is 3.44. The SMILES string of the molecule is COc1ccccc1-c1cnn2c1NC(=O)CC2C(=O)Nc1cccc(C(F)(F)F)c1. The zero-order chi connectivity index (χ0) is 22.2. The molecule has 1 unspecified atom stereocenters. The van der Waals surface area contributed by atoms with Crippen LogP contribution in [-0.4, -0.2) is 28.7 Å². The molecule has 2 amide bonds. The van der Waals surface area contributed by atoms with Crippen molar-refractivity contribution < 1.29 is 27.5 Å². The van der Waals surface area contributed by atoms with Crippen molar-refractivity contribution in [3.8, 4) is 16.9 Å². The monoisotopic (exact) mass is 430 g/mol. The van der Waals surface area contributed by atoms with Crippen molar-refractivity contribution in [2.45, 2.75) is 18.6 Å². The Kier molecular flexibility index (Phi) is 5.14. The number of rotatable bonds is 4. The van der Waals surface area contributed by atoms with Crippen molar-refractivity contribution in [3.05, 3.63) is 60.3 Å². The number of para-hydroxylation sites is 1. The molecule has 0 fully saturated rings. The van der Waals surface area contributed by atoms with E-state index in [1.165, 1.54) is 30.1 Å². The minimum absolute atomic E-state index is 0.0236. The third-order valence-electron chi connectivity index (χ3n) is 4.88. The molecule has 0 bridgehead atoms. The molecular weight excluding hydrogens is 413 g/mol. The zero-order valence-corrected chi connectivity index (χ0v) is 16.2. The van der Waals surface area contributed by atoms with Crippen LogP contribution in [0.3, 0.4) is 0 Å². The molecule has 0 aliphatic carbocycles. The van der Waals surface area contributed by atoms with E-state index in [1.54, 1.807) is 24.3 Å². The Hall–Kier alpha value is -3.82. The van der Waals surface area contributed by atoms with Gasteiger partial charge in [0.15, 0.2) is 0 Å². The predicted octanol–water partition coefficient (Wildman–Crippen LogP) is 4.10. The summed E-state index contributed by atoms with van der Waals surface area (Å²) < 4.78 is 45.5. The molecule has 0 spiro atoms. The highest BCUT2D eigenvalue weighted by Gasteiger charge is 2.34. The van der Waals surface area contributed by atoms with E-state index < -0.39 is 29.6 Å². The second kappa shape index (κ2) is 7.78. The summed E-state index contributed by atoms with van der Waals surface area (Å²) in [5.41, 5.74) is 0.322. The summed E-state index contributed by atoms with van der Waals surface area (Å²) >= 11 is 0. The number of hydrogen-bond donors (Lipinski definition) is 2. The molecular formula is C21H17F3N4O3. The Morgan fingerprint density at radius 1 is 1.19 bits per heavy atom. The molecule has 31 heavy (non-hydrogen) atoms. The quantitative estimate of drug-likeness (QED) is 0.653. The smallest absolute Gasteiger partial charge is 0.416 e. The Labute approximate surface area is 174 Å². The third-order valence-corrected chi connectivity index (χ3v) is 4.88. The largest absolute Gasteiger partial charge is 0.496 e. The molecule has 1 aromatic heterocycles. The molecule has 3 aromatic rings. The lowest BCUT2D eigenvalue weighted by molar-refractivity contribution is -0.137. The number of methoxy groups -OCH3 is 1. The summed E-state index contributed by atoms with van der Waals surface area (Å²) in [5.74, 6) is -0.188. The molecule has 7 nitrogen and oxygen atoms in total. The van der Waals surface area contributed by atoms with Gasteiger partial charge in [0.1, 0.15) is 17.6 Å². The summed E-state index contributed by atoms with van der Waals surface area (Å²) in [5, 5.41) is 9.42. The summed E-state index contributed by atoms with van der Waals surface area (Å²) in [6.07, 6.45) is -3.24. The lowest BCUT2D eigenvalue weighted by Gasteiger charge is -2.25. The molecule has 0 saturated carbocycles. The summed E-state index contributed by atoms with van der Waals surface area (Å²) in [4.78, 5) is 25.2. The first-order chi connectivity index (χ1) is 14.8. The van der Waals surface area contributed by atoms with E-state index in [4.69, 9.17) is 4.74 Å². The van der Waals surface area contributed by atoms with Crippen molar-refractivity contribution >= 4 is 23.3 Å². The lowest BCUT2D eigenvalue weighted by Crippen LogP contribution is -2.35. The van der Waals surface area contributed by atoms with E-state index >= 15 is 0 Å². The van der Waals surface area contributed by atoms with E-state index in [1.807, 2.05) is 0 Å². The number of alkyl halides is 3. The van der Waals surface area contributed by atoms with Gasteiger partial charge in [-0.2, -0.15) is 18.3 Å². The van der Waals surface area contributed by atoms with Gasteiger partial charge < -0.3 is 15.4 Å². The molecule has 4 rings (SSSR count). The number of aromatic nitrogens is 2. The van der Waals surface area contributed by atoms with Gasteiger partial charge in [-0.1, -0.05) is 24.3 Å². The van der Waals surface area contributed by atoms with Gasteiger partial charge in [0, 0.05) is 16.8 Å². The van der Waals surface area contributed by atoms with Gasteiger partial charge in [0.25, 0.3) is 0 Å². The van der Waals surface area contributed by atoms with Crippen LogP contribution in [0.25, 0.3) is 11.1 Å². The maximum Gasteiger partial charge on any atom is 0.416 e. The second-order valence-electron chi connectivity index (χ2n) is 6.89. The number of ether oxygens (including phenoxy) is 1. The highest BCUT2D eigenvalue weighted by atomic mass is 19.4. The standard InChI is InChI=1S/C21H17F3N4O3/c1-31-17-8-3-2-7-14(17)15-11-25-28-16(10-18(29)27-19(15)28)20(30)26-13-6-4-5-12(9-13)21(22,23)24/h2-9,11,16H,10H2,1H3,(H,26,30)(H,27,29). The van der Waals surface area contributed by atoms with Crippen LogP contribution in [0.15, 0.2) is 54.7 Å². The molecule has 1 atom stereocenters. The molecule has 2 aromatic carbocycles. The van der Waals surface area contributed by atoms with Crippen LogP contribution in [0.1, 0.15) is 18.0 Å². The maximum atomic E-state index is 12.9. The van der Waals surface area contributed by atoms with Crippen molar-refractivity contribution in [1.82, 2.24) is 9.78 Å². The fraction of sp³-hybridized carbons (Fsp3) is 0.190. The van der Waals surface area contributed by atoms with Crippen LogP contribution in [-0.2, 0) is 15.8 Å². The average molecular weight is 430 g/mol. The summed E-state index contributed by atoms with van der Waals surface area (Å²) in [7, 11) is 1.51. The van der Waals surface area contributed by atoms with Crippen LogP contribution >= 0.6 is 0 Å². The number of benzene rings is 2. The van der Waals surface area contributed by atoms with Gasteiger partial charge in [-0.05, 0) is 24.3 Å². The molecule has 2 heterocycles. The number of hydrogen-bond acceptors (Lipinski definition) is 4. The first-order valence-electron chi connectivity index (χ1n) is 9.27. The number of fused-ring (bicyclic) bond motifs is 1. The minimum Gasteiger partial charge on any atom is -0.496 e. The van der Waals surface area contributed by atoms with Crippen LogP contribution in [0, 0.1) is 0 Å². The normalized spacial score (nSPS) is 15.7. The van der Waals surface area contributed by atoms with E-state index in [0.29, 0.717) is 22.7 Å². The molecule has 0 radical (unpaired) electrons. The van der Waals surface area contributed by atoms with Gasteiger partial charge in [-0.15, -0.1) is 0 Å². The topological polar surface area (TPSA) is 85.2 Å². The number of amides is 2. The number of carbonyl (C=O) groups is 2. The maximum absolute atomic E-state index is 12.9. The molecule has 1 aliphatic rings. The number of nitrogens with zero attached hydrogens (tertiary/aromatic N) is 2. The van der Waals surface area contributed by atoms with Crippen molar-refractivity contribution in [1.29, 1.82) is 0 Å². The molecule has 0 saturated heterocycles. The van der Waals surface area contributed by atoms with Gasteiger partial charge in [-0.3, -0.25) is 9.59 Å². The number of halogens is 3. The molecule has 1 aliphatic heterocycles. The summed E-state index contributed by atoms with van der Waals surface area (Å²) in [6.45, 7) is 0. The van der Waals surface area contributed by atoms with Crippen molar-refractivity contribution in [2.75, 3.05) is 17.7 Å². The van der Waals surface area contributed by atoms with Crippen molar-refractivity contribution in [3.63, 3.8) is 0 Å². The van der Waals surface area contributed by atoms with Crippen LogP contribution in [0.4, 0.5) is 24.7 Å². The summed E-state index contributed by atoms with van der Waals surface area (Å²) in [6, 6.07) is 10.4. The van der Waals surface area contributed by atoms with Gasteiger partial charge in [0.05, 0.1) is 25.3 Å². The van der Waals surface area contributed by atoms with E-state index in [0.717, 1.165) is 12.1 Å². The number of anilines is 2. The minimum atomic E-state index is -4.54. The second-order valence-corrected chi connectivity index (χ2v) is 6.89. The highest BCUT2D eigenvalue weighted by molar-refractivity contribution is 6.03.